The van der Waals surface area contributed by atoms with Crippen molar-refractivity contribution in [2.24, 2.45) is 0 Å². The summed E-state index contributed by atoms with van der Waals surface area (Å²) in [5.41, 5.74) is 4.09. The van der Waals surface area contributed by atoms with Gasteiger partial charge in [0, 0.05) is 16.9 Å². The second kappa shape index (κ2) is 8.19. The molecule has 6 heteroatoms. The lowest BCUT2D eigenvalue weighted by atomic mass is 10.1. The molecule has 0 aliphatic heterocycles. The van der Waals surface area contributed by atoms with Crippen molar-refractivity contribution in [3.63, 3.8) is 0 Å². The lowest BCUT2D eigenvalue weighted by molar-refractivity contribution is -0.123. The van der Waals surface area contributed by atoms with Crippen LogP contribution in [0.25, 0.3) is 0 Å². The Balaban J connectivity index is 2.04. The van der Waals surface area contributed by atoms with Crippen molar-refractivity contribution in [2.45, 2.75) is 53.2 Å². The Bertz CT molecular complexity index is 791. The van der Waals surface area contributed by atoms with E-state index in [-0.39, 0.29) is 5.69 Å². The molecule has 0 saturated carbocycles. The summed E-state index contributed by atoms with van der Waals surface area (Å²) in [7, 11) is 0. The van der Waals surface area contributed by atoms with Gasteiger partial charge in [-0.25, -0.2) is 4.79 Å². The third-order valence-corrected chi connectivity index (χ3v) is 4.40. The number of benzene rings is 1. The predicted molar refractivity (Wildman–Crippen MR) is 100 cm³/mol. The normalized spacial score (nSPS) is 13.2. The van der Waals surface area contributed by atoms with E-state index in [1.165, 1.54) is 12.5 Å². The third-order valence-electron chi connectivity index (χ3n) is 4.40. The molecule has 0 saturated heterocycles. The zero-order chi connectivity index (χ0) is 19.4. The lowest BCUT2D eigenvalue weighted by Gasteiger charge is -2.14. The van der Waals surface area contributed by atoms with Gasteiger partial charge in [0.2, 0.25) is 0 Å². The van der Waals surface area contributed by atoms with Crippen LogP contribution in [-0.4, -0.2) is 28.1 Å². The van der Waals surface area contributed by atoms with Gasteiger partial charge in [0.05, 0.1) is 6.10 Å². The molecule has 0 fully saturated rings. The molecule has 0 spiro atoms. The van der Waals surface area contributed by atoms with Crippen molar-refractivity contribution >= 4 is 17.6 Å². The van der Waals surface area contributed by atoms with E-state index in [0.717, 1.165) is 6.42 Å². The molecule has 2 rings (SSSR count). The largest absolute Gasteiger partial charge is 0.448 e. The molecule has 0 aliphatic rings. The van der Waals surface area contributed by atoms with Crippen LogP contribution < -0.4 is 5.32 Å². The minimum atomic E-state index is -0.952. The second-order valence-electron chi connectivity index (χ2n) is 6.43. The number of nitrogens with one attached hydrogen (secondary N) is 2. The Labute approximate surface area is 153 Å². The molecule has 0 unspecified atom stereocenters. The quantitative estimate of drug-likeness (QED) is 0.690. The molecule has 0 bridgehead atoms. The molecule has 26 heavy (non-hydrogen) atoms. The van der Waals surface area contributed by atoms with Gasteiger partial charge in [-0.2, -0.15) is 0 Å². The fourth-order valence-electron chi connectivity index (χ4n) is 2.94. The molecule has 2 aromatic rings. The van der Waals surface area contributed by atoms with Crippen LogP contribution in [-0.2, 0) is 16.0 Å². The number of amides is 1. The van der Waals surface area contributed by atoms with Crippen molar-refractivity contribution in [1.29, 1.82) is 0 Å². The zero-order valence-corrected chi connectivity index (χ0v) is 15.8. The van der Waals surface area contributed by atoms with Crippen LogP contribution >= 0.6 is 0 Å². The number of hydrogen-bond acceptors (Lipinski definition) is 4. The van der Waals surface area contributed by atoms with Gasteiger partial charge >= 0.3 is 5.97 Å². The van der Waals surface area contributed by atoms with Gasteiger partial charge in [0.1, 0.15) is 5.69 Å². The number of carbonyl (C=O) groups excluding carboxylic acids is 2. The Morgan fingerprint density at radius 2 is 1.81 bits per heavy atom. The first kappa shape index (κ1) is 19.7. The number of aliphatic hydroxyl groups excluding tert-OH is 1. The third kappa shape index (κ3) is 4.32. The minimum absolute atomic E-state index is 0.255. The zero-order valence-electron chi connectivity index (χ0n) is 15.8. The topological polar surface area (TPSA) is 91.4 Å². The molecular formula is C20H26N2O4. The predicted octanol–water partition coefficient (Wildman–Crippen LogP) is 3.43. The summed E-state index contributed by atoms with van der Waals surface area (Å²) in [6, 6.07) is 7.52. The van der Waals surface area contributed by atoms with Gasteiger partial charge in [-0.1, -0.05) is 19.1 Å². The maximum Gasteiger partial charge on any atom is 0.355 e. The highest BCUT2D eigenvalue weighted by Crippen LogP contribution is 2.25. The van der Waals surface area contributed by atoms with E-state index < -0.39 is 24.1 Å². The summed E-state index contributed by atoms with van der Waals surface area (Å²) in [6.07, 6.45) is -0.725. The Hall–Kier alpha value is -2.60. The first-order valence-corrected chi connectivity index (χ1v) is 8.72. The SMILES string of the molecule is CCc1ccc(NC(=O)[C@@H](C)OC(=O)c2[nH]c(C)c([C@@H](C)O)c2C)cc1. The standard InChI is InChI=1S/C20H26N2O4/c1-6-15-7-9-16(10-8-15)22-19(24)14(5)26-20(25)18-11(2)17(13(4)23)12(3)21-18/h7-10,13-14,21,23H,6H2,1-5H3,(H,22,24)/t13-,14-/m1/s1. The van der Waals surface area contributed by atoms with E-state index in [1.807, 2.05) is 24.3 Å². The number of aromatic amines is 1. The van der Waals surface area contributed by atoms with E-state index >= 15 is 0 Å². The van der Waals surface area contributed by atoms with Gasteiger partial charge in [-0.15, -0.1) is 0 Å². The molecule has 3 N–H and O–H groups in total. The van der Waals surface area contributed by atoms with E-state index in [4.69, 9.17) is 4.74 Å². The van der Waals surface area contributed by atoms with Crippen LogP contribution in [0, 0.1) is 13.8 Å². The van der Waals surface area contributed by atoms with Crippen molar-refractivity contribution in [1.82, 2.24) is 4.98 Å². The molecule has 140 valence electrons. The Kier molecular flexibility index (Phi) is 6.21. The van der Waals surface area contributed by atoms with E-state index in [1.54, 1.807) is 20.8 Å². The summed E-state index contributed by atoms with van der Waals surface area (Å²) in [4.78, 5) is 27.6. The number of rotatable bonds is 6. The molecule has 1 aromatic carbocycles. The molecule has 6 nitrogen and oxygen atoms in total. The van der Waals surface area contributed by atoms with Gasteiger partial charge in [-0.3, -0.25) is 4.79 Å². The van der Waals surface area contributed by atoms with Crippen LogP contribution in [0.3, 0.4) is 0 Å². The Morgan fingerprint density at radius 1 is 1.19 bits per heavy atom. The Morgan fingerprint density at radius 3 is 2.31 bits per heavy atom. The summed E-state index contributed by atoms with van der Waals surface area (Å²) >= 11 is 0. The fourth-order valence-corrected chi connectivity index (χ4v) is 2.94. The number of carbonyl (C=O) groups is 2. The molecule has 0 aliphatic carbocycles. The van der Waals surface area contributed by atoms with Crippen LogP contribution in [0.4, 0.5) is 5.69 Å². The van der Waals surface area contributed by atoms with Gasteiger partial charge in [0.15, 0.2) is 6.10 Å². The van der Waals surface area contributed by atoms with Crippen LogP contribution in [0.15, 0.2) is 24.3 Å². The summed E-state index contributed by atoms with van der Waals surface area (Å²) in [5, 5.41) is 12.5. The van der Waals surface area contributed by atoms with E-state index in [2.05, 4.69) is 17.2 Å². The highest BCUT2D eigenvalue weighted by molar-refractivity contribution is 5.97. The van der Waals surface area contributed by atoms with Gasteiger partial charge < -0.3 is 20.1 Å². The van der Waals surface area contributed by atoms with Crippen molar-refractivity contribution in [2.75, 3.05) is 5.32 Å². The lowest BCUT2D eigenvalue weighted by Crippen LogP contribution is -2.30. The number of anilines is 1. The number of H-pyrrole nitrogens is 1. The van der Waals surface area contributed by atoms with Crippen molar-refractivity contribution in [3.8, 4) is 0 Å². The van der Waals surface area contributed by atoms with Gasteiger partial charge in [-0.05, 0) is 57.4 Å². The molecule has 2 atom stereocenters. The molecule has 1 amide bonds. The second-order valence-corrected chi connectivity index (χ2v) is 6.43. The minimum Gasteiger partial charge on any atom is -0.448 e. The summed E-state index contributed by atoms with van der Waals surface area (Å²) in [6.45, 7) is 8.74. The first-order valence-electron chi connectivity index (χ1n) is 8.72. The number of aliphatic hydroxyl groups is 1. The number of esters is 1. The van der Waals surface area contributed by atoms with Crippen LogP contribution in [0.2, 0.25) is 0 Å². The number of hydrogen-bond donors (Lipinski definition) is 3. The van der Waals surface area contributed by atoms with Gasteiger partial charge in [0.25, 0.3) is 5.91 Å². The maximum atomic E-state index is 12.4. The van der Waals surface area contributed by atoms with Crippen molar-refractivity contribution in [3.05, 3.63) is 52.3 Å². The maximum absolute atomic E-state index is 12.4. The molecule has 0 radical (unpaired) electrons. The van der Waals surface area contributed by atoms with E-state index in [0.29, 0.717) is 22.5 Å². The highest BCUT2D eigenvalue weighted by Gasteiger charge is 2.24. The van der Waals surface area contributed by atoms with Crippen molar-refractivity contribution < 1.29 is 19.4 Å². The summed E-state index contributed by atoms with van der Waals surface area (Å²) < 4.78 is 5.28. The molecule has 1 aromatic heterocycles. The van der Waals surface area contributed by atoms with Crippen LogP contribution in [0.1, 0.15) is 59.7 Å². The smallest absolute Gasteiger partial charge is 0.355 e. The highest BCUT2D eigenvalue weighted by atomic mass is 16.5. The fraction of sp³-hybridized carbons (Fsp3) is 0.400. The monoisotopic (exact) mass is 358 g/mol. The van der Waals surface area contributed by atoms with E-state index in [9.17, 15) is 14.7 Å². The number of aromatic nitrogens is 1. The van der Waals surface area contributed by atoms with Crippen LogP contribution in [0.5, 0.6) is 0 Å². The first-order chi connectivity index (χ1) is 12.2. The number of aryl methyl sites for hydroxylation is 2. The summed E-state index contributed by atoms with van der Waals surface area (Å²) in [5.74, 6) is -1.03. The molecule has 1 heterocycles. The average Bonchev–Trinajstić information content (AvgIpc) is 2.90. The average molecular weight is 358 g/mol. The number of ether oxygens (including phenoxy) is 1. The molecular weight excluding hydrogens is 332 g/mol.